The van der Waals surface area contributed by atoms with Crippen molar-refractivity contribution >= 4 is 49.5 Å². The Balaban J connectivity index is 1.32. The van der Waals surface area contributed by atoms with Gasteiger partial charge in [0.05, 0.1) is 27.9 Å². The average Bonchev–Trinajstić information content (AvgIpc) is 3.27. The monoisotopic (exact) mass is 504 g/mol. The SMILES string of the molecule is CCCN1CCc2nc3ccccc3c(C(=O)OCC(=O)Nc3nc4ccc(OCC)cc4s3)c2C1. The first-order valence-electron chi connectivity index (χ1n) is 12.2. The number of esters is 1. The Morgan fingerprint density at radius 1 is 1.11 bits per heavy atom. The predicted molar refractivity (Wildman–Crippen MR) is 141 cm³/mol. The number of benzene rings is 2. The molecule has 0 fully saturated rings. The van der Waals surface area contributed by atoms with E-state index in [1.165, 1.54) is 11.3 Å². The first-order valence-corrected chi connectivity index (χ1v) is 13.0. The van der Waals surface area contributed by atoms with Crippen LogP contribution in [0, 0.1) is 0 Å². The van der Waals surface area contributed by atoms with E-state index in [4.69, 9.17) is 14.5 Å². The molecule has 0 saturated heterocycles. The minimum atomic E-state index is -0.510. The number of rotatable bonds is 8. The summed E-state index contributed by atoms with van der Waals surface area (Å²) in [6.45, 7) is 6.76. The largest absolute Gasteiger partial charge is 0.494 e. The molecule has 0 bridgehead atoms. The maximum absolute atomic E-state index is 13.3. The molecular weight excluding hydrogens is 476 g/mol. The molecule has 8 nitrogen and oxygen atoms in total. The highest BCUT2D eigenvalue weighted by molar-refractivity contribution is 7.22. The van der Waals surface area contributed by atoms with Crippen molar-refractivity contribution in [2.24, 2.45) is 0 Å². The van der Waals surface area contributed by atoms with E-state index < -0.39 is 18.5 Å². The Kier molecular flexibility index (Phi) is 7.11. The van der Waals surface area contributed by atoms with Crippen molar-refractivity contribution in [1.82, 2.24) is 14.9 Å². The van der Waals surface area contributed by atoms with Gasteiger partial charge in [-0.25, -0.2) is 9.78 Å². The molecule has 5 rings (SSSR count). The van der Waals surface area contributed by atoms with Gasteiger partial charge in [-0.05, 0) is 44.2 Å². The molecule has 0 aliphatic carbocycles. The number of pyridine rings is 1. The van der Waals surface area contributed by atoms with Crippen molar-refractivity contribution in [1.29, 1.82) is 0 Å². The number of nitrogens with zero attached hydrogens (tertiary/aromatic N) is 3. The van der Waals surface area contributed by atoms with E-state index >= 15 is 0 Å². The van der Waals surface area contributed by atoms with Gasteiger partial charge in [-0.1, -0.05) is 36.5 Å². The van der Waals surface area contributed by atoms with Gasteiger partial charge in [-0.3, -0.25) is 20.0 Å². The van der Waals surface area contributed by atoms with E-state index in [2.05, 4.69) is 22.1 Å². The third kappa shape index (κ3) is 5.03. The molecule has 9 heteroatoms. The fraction of sp³-hybridized carbons (Fsp3) is 0.333. The summed E-state index contributed by atoms with van der Waals surface area (Å²) in [5.74, 6) is -0.192. The van der Waals surface area contributed by atoms with Gasteiger partial charge >= 0.3 is 5.97 Å². The molecule has 4 aromatic rings. The summed E-state index contributed by atoms with van der Waals surface area (Å²) in [5.41, 5.74) is 3.86. The predicted octanol–water partition coefficient (Wildman–Crippen LogP) is 4.81. The molecule has 0 radical (unpaired) electrons. The third-order valence-electron chi connectivity index (χ3n) is 6.12. The molecular formula is C27H28N4O4S. The van der Waals surface area contributed by atoms with E-state index in [0.717, 1.165) is 64.1 Å². The van der Waals surface area contributed by atoms with Crippen LogP contribution in [0.5, 0.6) is 5.75 Å². The van der Waals surface area contributed by atoms with Crippen LogP contribution in [0.25, 0.3) is 21.1 Å². The van der Waals surface area contributed by atoms with Crippen LogP contribution in [0.2, 0.25) is 0 Å². The Morgan fingerprint density at radius 2 is 1.97 bits per heavy atom. The maximum Gasteiger partial charge on any atom is 0.339 e. The number of hydrogen-bond donors (Lipinski definition) is 1. The molecule has 36 heavy (non-hydrogen) atoms. The molecule has 1 amide bonds. The summed E-state index contributed by atoms with van der Waals surface area (Å²) in [5, 5.41) is 3.94. The first kappa shape index (κ1) is 24.1. The van der Waals surface area contributed by atoms with Crippen molar-refractivity contribution in [3.05, 3.63) is 59.3 Å². The number of carbonyl (C=O) groups excluding carboxylic acids is 2. The van der Waals surface area contributed by atoms with Crippen LogP contribution in [0.1, 0.15) is 41.9 Å². The molecule has 0 spiro atoms. The second-order valence-electron chi connectivity index (χ2n) is 8.66. The van der Waals surface area contributed by atoms with Gasteiger partial charge in [0.15, 0.2) is 11.7 Å². The number of para-hydroxylation sites is 1. The fourth-order valence-corrected chi connectivity index (χ4v) is 5.47. The summed E-state index contributed by atoms with van der Waals surface area (Å²) in [7, 11) is 0. The van der Waals surface area contributed by atoms with E-state index in [-0.39, 0.29) is 0 Å². The van der Waals surface area contributed by atoms with Crippen LogP contribution < -0.4 is 10.1 Å². The highest BCUT2D eigenvalue weighted by Crippen LogP contribution is 2.30. The van der Waals surface area contributed by atoms with Gasteiger partial charge < -0.3 is 9.47 Å². The summed E-state index contributed by atoms with van der Waals surface area (Å²) in [6.07, 6.45) is 1.82. The van der Waals surface area contributed by atoms with E-state index in [0.29, 0.717) is 23.8 Å². The molecule has 0 unspecified atom stereocenters. The first-order chi connectivity index (χ1) is 17.6. The highest BCUT2D eigenvalue weighted by atomic mass is 32.1. The standard InChI is InChI=1S/C27H28N4O4S/c1-3-12-31-13-11-21-19(15-31)25(18-7-5-6-8-20(18)28-21)26(33)35-16-24(32)30-27-29-22-10-9-17(34-4-2)14-23(22)36-27/h5-10,14H,3-4,11-13,15-16H2,1-2H3,(H,29,30,32). The van der Waals surface area contributed by atoms with Crippen LogP contribution in [-0.4, -0.2) is 53.0 Å². The molecule has 1 aliphatic heterocycles. The van der Waals surface area contributed by atoms with E-state index in [1.807, 2.05) is 49.4 Å². The topological polar surface area (TPSA) is 93.7 Å². The molecule has 2 aromatic heterocycles. The number of nitrogens with one attached hydrogen (secondary N) is 1. The summed E-state index contributed by atoms with van der Waals surface area (Å²) in [6, 6.07) is 13.2. The lowest BCUT2D eigenvalue weighted by molar-refractivity contribution is -0.119. The second-order valence-corrected chi connectivity index (χ2v) is 9.69. The summed E-state index contributed by atoms with van der Waals surface area (Å²) < 4.78 is 11.9. The zero-order valence-corrected chi connectivity index (χ0v) is 21.2. The molecule has 1 aliphatic rings. The minimum absolute atomic E-state index is 0.400. The molecule has 3 heterocycles. The number of fused-ring (bicyclic) bond motifs is 3. The van der Waals surface area contributed by atoms with E-state index in [1.54, 1.807) is 0 Å². The molecule has 1 N–H and O–H groups in total. The third-order valence-corrected chi connectivity index (χ3v) is 7.05. The number of amides is 1. The Bertz CT molecular complexity index is 1430. The fourth-order valence-electron chi connectivity index (χ4n) is 4.56. The van der Waals surface area contributed by atoms with Crippen molar-refractivity contribution in [3.8, 4) is 5.75 Å². The molecule has 186 valence electrons. The van der Waals surface area contributed by atoms with Gasteiger partial charge in [-0.15, -0.1) is 0 Å². The van der Waals surface area contributed by atoms with Crippen molar-refractivity contribution in [2.45, 2.75) is 33.2 Å². The zero-order valence-electron chi connectivity index (χ0n) is 20.4. The normalized spacial score (nSPS) is 13.5. The Labute approximate surface area is 213 Å². The van der Waals surface area contributed by atoms with Crippen LogP contribution >= 0.6 is 11.3 Å². The minimum Gasteiger partial charge on any atom is -0.494 e. The van der Waals surface area contributed by atoms with Gasteiger partial charge in [0.2, 0.25) is 0 Å². The maximum atomic E-state index is 13.3. The Hall–Kier alpha value is -3.56. The smallest absolute Gasteiger partial charge is 0.339 e. The summed E-state index contributed by atoms with van der Waals surface area (Å²) in [4.78, 5) is 37.5. The van der Waals surface area contributed by atoms with Crippen molar-refractivity contribution < 1.29 is 19.1 Å². The van der Waals surface area contributed by atoms with Crippen LogP contribution in [-0.2, 0) is 22.5 Å². The lowest BCUT2D eigenvalue weighted by Gasteiger charge is -2.29. The lowest BCUT2D eigenvalue weighted by atomic mass is 9.95. The number of hydrogen-bond acceptors (Lipinski definition) is 8. The number of anilines is 1. The second kappa shape index (κ2) is 10.6. The number of thiazole rings is 1. The summed E-state index contributed by atoms with van der Waals surface area (Å²) >= 11 is 1.34. The molecule has 2 aromatic carbocycles. The number of aromatic nitrogens is 2. The molecule has 0 atom stereocenters. The van der Waals surface area contributed by atoms with Gasteiger partial charge in [0.1, 0.15) is 5.75 Å². The quantitative estimate of drug-likeness (QED) is 0.344. The van der Waals surface area contributed by atoms with Gasteiger partial charge in [0, 0.05) is 36.2 Å². The van der Waals surface area contributed by atoms with Gasteiger partial charge in [-0.2, -0.15) is 0 Å². The van der Waals surface area contributed by atoms with Crippen LogP contribution in [0.15, 0.2) is 42.5 Å². The van der Waals surface area contributed by atoms with Crippen molar-refractivity contribution in [2.75, 3.05) is 31.6 Å². The van der Waals surface area contributed by atoms with E-state index in [9.17, 15) is 9.59 Å². The Morgan fingerprint density at radius 3 is 2.81 bits per heavy atom. The molecule has 0 saturated carbocycles. The van der Waals surface area contributed by atoms with Gasteiger partial charge in [0.25, 0.3) is 5.91 Å². The van der Waals surface area contributed by atoms with Crippen molar-refractivity contribution in [3.63, 3.8) is 0 Å². The number of ether oxygens (including phenoxy) is 2. The lowest BCUT2D eigenvalue weighted by Crippen LogP contribution is -2.33. The van der Waals surface area contributed by atoms with Crippen LogP contribution in [0.4, 0.5) is 5.13 Å². The average molecular weight is 505 g/mol. The van der Waals surface area contributed by atoms with Crippen LogP contribution in [0.3, 0.4) is 0 Å². The highest BCUT2D eigenvalue weighted by Gasteiger charge is 2.26. The zero-order chi connectivity index (χ0) is 25.1. The number of carbonyl (C=O) groups is 2.